The van der Waals surface area contributed by atoms with Crippen molar-refractivity contribution in [2.75, 3.05) is 6.54 Å². The topological polar surface area (TPSA) is 40.7 Å². The second kappa shape index (κ2) is 5.91. The van der Waals surface area contributed by atoms with Crippen LogP contribution in [-0.4, -0.2) is 22.8 Å². The molecule has 3 heteroatoms. The first-order valence-corrected chi connectivity index (χ1v) is 6.17. The van der Waals surface area contributed by atoms with Gasteiger partial charge >= 0.3 is 0 Å². The summed E-state index contributed by atoms with van der Waals surface area (Å²) in [5, 5.41) is 10.6. The number of rotatable bonds is 4. The van der Waals surface area contributed by atoms with E-state index in [-0.39, 0.29) is 0 Å². The van der Waals surface area contributed by atoms with Crippen molar-refractivity contribution in [2.45, 2.75) is 51.0 Å². The molecule has 1 aliphatic carbocycles. The average Bonchev–Trinajstić information content (AvgIpc) is 2.62. The van der Waals surface area contributed by atoms with Crippen LogP contribution in [0.15, 0.2) is 12.3 Å². The Morgan fingerprint density at radius 1 is 1.27 bits per heavy atom. The van der Waals surface area contributed by atoms with Crippen molar-refractivity contribution in [1.29, 1.82) is 0 Å². The van der Waals surface area contributed by atoms with Crippen LogP contribution < -0.4 is 5.32 Å². The van der Waals surface area contributed by atoms with Crippen LogP contribution in [0.3, 0.4) is 0 Å². The molecule has 0 aliphatic heterocycles. The Kier molecular flexibility index (Phi) is 4.21. The molecule has 0 spiro atoms. The second-order valence-corrected chi connectivity index (χ2v) is 4.47. The molecular weight excluding hydrogens is 186 g/mol. The van der Waals surface area contributed by atoms with E-state index in [9.17, 15) is 0 Å². The third-order valence-electron chi connectivity index (χ3n) is 3.24. The number of aromatic amines is 1. The summed E-state index contributed by atoms with van der Waals surface area (Å²) >= 11 is 0. The zero-order valence-electron chi connectivity index (χ0n) is 9.34. The maximum atomic E-state index is 3.95. The Morgan fingerprint density at radius 3 is 2.73 bits per heavy atom. The molecule has 0 unspecified atom stereocenters. The van der Waals surface area contributed by atoms with Gasteiger partial charge in [0.1, 0.15) is 0 Å². The number of H-pyrrole nitrogens is 1. The molecule has 1 aromatic heterocycles. The highest BCUT2D eigenvalue weighted by atomic mass is 15.1. The molecule has 84 valence electrons. The van der Waals surface area contributed by atoms with Crippen LogP contribution in [-0.2, 0) is 6.42 Å². The first kappa shape index (κ1) is 10.7. The van der Waals surface area contributed by atoms with E-state index in [4.69, 9.17) is 0 Å². The Labute approximate surface area is 91.7 Å². The maximum Gasteiger partial charge on any atom is 0.0490 e. The number of nitrogens with zero attached hydrogens (tertiary/aromatic N) is 1. The van der Waals surface area contributed by atoms with Crippen LogP contribution in [0.1, 0.15) is 44.2 Å². The van der Waals surface area contributed by atoms with Gasteiger partial charge in [0.05, 0.1) is 0 Å². The lowest BCUT2D eigenvalue weighted by Crippen LogP contribution is -2.30. The molecule has 3 nitrogen and oxygen atoms in total. The zero-order valence-corrected chi connectivity index (χ0v) is 9.34. The summed E-state index contributed by atoms with van der Waals surface area (Å²) in [6, 6.07) is 2.81. The Hall–Kier alpha value is -0.830. The minimum Gasteiger partial charge on any atom is -0.314 e. The van der Waals surface area contributed by atoms with E-state index in [1.807, 2.05) is 6.20 Å². The molecule has 0 bridgehead atoms. The highest BCUT2D eigenvalue weighted by Gasteiger charge is 2.10. The van der Waals surface area contributed by atoms with Gasteiger partial charge in [-0.25, -0.2) is 0 Å². The van der Waals surface area contributed by atoms with Crippen LogP contribution in [0.25, 0.3) is 0 Å². The fourth-order valence-electron chi connectivity index (χ4n) is 2.32. The Bertz CT molecular complexity index is 248. The minimum absolute atomic E-state index is 0.760. The number of aromatic nitrogens is 2. The maximum absolute atomic E-state index is 3.95. The van der Waals surface area contributed by atoms with Crippen molar-refractivity contribution >= 4 is 0 Å². The number of nitrogens with one attached hydrogen (secondary N) is 2. The first-order chi connectivity index (χ1) is 7.45. The predicted octanol–water partition coefficient (Wildman–Crippen LogP) is 2.26. The van der Waals surface area contributed by atoms with Crippen LogP contribution in [0.5, 0.6) is 0 Å². The molecule has 1 saturated carbocycles. The van der Waals surface area contributed by atoms with Crippen LogP contribution in [0.4, 0.5) is 0 Å². The van der Waals surface area contributed by atoms with Crippen molar-refractivity contribution in [2.24, 2.45) is 0 Å². The number of hydrogen-bond acceptors (Lipinski definition) is 2. The highest BCUT2D eigenvalue weighted by molar-refractivity contribution is 4.97. The molecule has 1 aliphatic rings. The SMILES string of the molecule is c1cc(CCNC2CCCCCC2)[nH]n1. The van der Waals surface area contributed by atoms with Crippen molar-refractivity contribution in [1.82, 2.24) is 15.5 Å². The van der Waals surface area contributed by atoms with E-state index in [1.54, 1.807) is 0 Å². The summed E-state index contributed by atoms with van der Waals surface area (Å²) in [7, 11) is 0. The van der Waals surface area contributed by atoms with Crippen LogP contribution >= 0.6 is 0 Å². The van der Waals surface area contributed by atoms with E-state index >= 15 is 0 Å². The van der Waals surface area contributed by atoms with Crippen molar-refractivity contribution in [3.8, 4) is 0 Å². The van der Waals surface area contributed by atoms with Gasteiger partial charge in [0.15, 0.2) is 0 Å². The average molecular weight is 207 g/mol. The Balaban J connectivity index is 1.64. The first-order valence-electron chi connectivity index (χ1n) is 6.17. The molecule has 1 fully saturated rings. The number of hydrogen-bond donors (Lipinski definition) is 2. The van der Waals surface area contributed by atoms with Gasteiger partial charge in [0.2, 0.25) is 0 Å². The molecule has 2 rings (SSSR count). The summed E-state index contributed by atoms with van der Waals surface area (Å²) in [6.07, 6.45) is 11.3. The van der Waals surface area contributed by atoms with Crippen molar-refractivity contribution < 1.29 is 0 Å². The van der Waals surface area contributed by atoms with E-state index < -0.39 is 0 Å². The highest BCUT2D eigenvalue weighted by Crippen LogP contribution is 2.16. The third-order valence-corrected chi connectivity index (χ3v) is 3.24. The molecule has 0 saturated heterocycles. The largest absolute Gasteiger partial charge is 0.314 e. The second-order valence-electron chi connectivity index (χ2n) is 4.47. The molecular formula is C12H21N3. The van der Waals surface area contributed by atoms with Gasteiger partial charge in [-0.2, -0.15) is 5.10 Å². The molecule has 0 radical (unpaired) electrons. The summed E-state index contributed by atoms with van der Waals surface area (Å²) in [5.41, 5.74) is 1.23. The van der Waals surface area contributed by atoms with Crippen LogP contribution in [0.2, 0.25) is 0 Å². The summed E-state index contributed by atoms with van der Waals surface area (Å²) in [6.45, 7) is 1.08. The van der Waals surface area contributed by atoms with Gasteiger partial charge in [0.25, 0.3) is 0 Å². The van der Waals surface area contributed by atoms with Crippen molar-refractivity contribution in [3.05, 3.63) is 18.0 Å². The molecule has 0 amide bonds. The lowest BCUT2D eigenvalue weighted by molar-refractivity contribution is 0.462. The zero-order chi connectivity index (χ0) is 10.3. The van der Waals surface area contributed by atoms with Gasteiger partial charge in [-0.1, -0.05) is 25.7 Å². The van der Waals surface area contributed by atoms with Gasteiger partial charge in [-0.15, -0.1) is 0 Å². The minimum atomic E-state index is 0.760. The lowest BCUT2D eigenvalue weighted by Gasteiger charge is -2.15. The molecule has 15 heavy (non-hydrogen) atoms. The van der Waals surface area contributed by atoms with E-state index in [1.165, 1.54) is 44.2 Å². The standard InChI is InChI=1S/C12H21N3/c1-2-4-6-11(5-3-1)13-9-7-12-8-10-14-15-12/h8,10-11,13H,1-7,9H2,(H,14,15). The fourth-order valence-corrected chi connectivity index (χ4v) is 2.32. The predicted molar refractivity (Wildman–Crippen MR) is 61.8 cm³/mol. The van der Waals surface area contributed by atoms with E-state index in [0.29, 0.717) is 0 Å². The van der Waals surface area contributed by atoms with Gasteiger partial charge < -0.3 is 5.32 Å². The summed E-state index contributed by atoms with van der Waals surface area (Å²) in [4.78, 5) is 0. The monoisotopic (exact) mass is 207 g/mol. The molecule has 2 N–H and O–H groups in total. The lowest BCUT2D eigenvalue weighted by atomic mass is 10.1. The van der Waals surface area contributed by atoms with E-state index in [0.717, 1.165) is 19.0 Å². The van der Waals surface area contributed by atoms with Gasteiger partial charge in [0, 0.05) is 30.9 Å². The quantitative estimate of drug-likeness (QED) is 0.744. The fraction of sp³-hybridized carbons (Fsp3) is 0.750. The van der Waals surface area contributed by atoms with Gasteiger partial charge in [-0.05, 0) is 18.9 Å². The Morgan fingerprint density at radius 2 is 2.07 bits per heavy atom. The molecule has 0 atom stereocenters. The molecule has 1 heterocycles. The molecule has 1 aromatic rings. The van der Waals surface area contributed by atoms with E-state index in [2.05, 4.69) is 21.6 Å². The molecule has 0 aromatic carbocycles. The third kappa shape index (κ3) is 3.67. The summed E-state index contributed by atoms with van der Waals surface area (Å²) < 4.78 is 0. The van der Waals surface area contributed by atoms with Crippen LogP contribution in [0, 0.1) is 0 Å². The normalized spacial score (nSPS) is 18.9. The smallest absolute Gasteiger partial charge is 0.0490 e. The summed E-state index contributed by atoms with van der Waals surface area (Å²) in [5.74, 6) is 0. The van der Waals surface area contributed by atoms with Crippen molar-refractivity contribution in [3.63, 3.8) is 0 Å². The van der Waals surface area contributed by atoms with Gasteiger partial charge in [-0.3, -0.25) is 5.10 Å².